The lowest BCUT2D eigenvalue weighted by Crippen LogP contribution is -2.63. The number of rotatable bonds is 0. The first-order valence-electron chi connectivity index (χ1n) is 5.48. The van der Waals surface area contributed by atoms with Gasteiger partial charge in [0, 0.05) is 11.3 Å². The summed E-state index contributed by atoms with van der Waals surface area (Å²) in [6, 6.07) is 0. The molecule has 0 heterocycles. The van der Waals surface area contributed by atoms with Gasteiger partial charge in [0.25, 0.3) is 0 Å². The zero-order valence-electron chi connectivity index (χ0n) is 9.07. The van der Waals surface area contributed by atoms with Crippen LogP contribution in [0.2, 0.25) is 0 Å². The first-order chi connectivity index (χ1) is 6.01. The molecule has 2 fully saturated rings. The number of allylic oxidation sites excluding steroid dienone is 1. The molecular formula is C13H18. The molecule has 0 aromatic heterocycles. The molecule has 0 nitrogen and oxygen atoms in total. The molecule has 3 atom stereocenters. The standard InChI is InChI=1S/C13H18/c1-8-7-10-5-6-13(10)9(2)12(3,4)11(8)13/h9,11H,5-6H2,1-4H3. The lowest BCUT2D eigenvalue weighted by molar-refractivity contribution is -0.153. The molecule has 1 spiro atoms. The second-order valence-corrected chi connectivity index (χ2v) is 5.80. The Labute approximate surface area is 80.7 Å². The van der Waals surface area contributed by atoms with Crippen molar-refractivity contribution < 1.29 is 0 Å². The molecule has 0 radical (unpaired) electrons. The first-order valence-corrected chi connectivity index (χ1v) is 5.48. The Bertz CT molecular complexity index is 352. The van der Waals surface area contributed by atoms with Crippen LogP contribution < -0.4 is 0 Å². The normalized spacial score (nSPS) is 49.5. The zero-order chi connectivity index (χ0) is 9.43. The molecule has 3 unspecified atom stereocenters. The second kappa shape index (κ2) is 1.81. The summed E-state index contributed by atoms with van der Waals surface area (Å²) in [7, 11) is 0. The van der Waals surface area contributed by atoms with Crippen LogP contribution in [0.5, 0.6) is 0 Å². The maximum atomic E-state index is 3.63. The highest BCUT2D eigenvalue weighted by molar-refractivity contribution is 5.44. The van der Waals surface area contributed by atoms with E-state index in [1.807, 2.05) is 0 Å². The van der Waals surface area contributed by atoms with Gasteiger partial charge < -0.3 is 0 Å². The zero-order valence-corrected chi connectivity index (χ0v) is 9.07. The summed E-state index contributed by atoms with van der Waals surface area (Å²) in [6.45, 7) is 9.58. The molecule has 70 valence electrons. The first kappa shape index (κ1) is 7.88. The van der Waals surface area contributed by atoms with Gasteiger partial charge in [-0.25, -0.2) is 0 Å². The largest absolute Gasteiger partial charge is 0.122 e. The third-order valence-electron chi connectivity index (χ3n) is 5.28. The van der Waals surface area contributed by atoms with Crippen molar-refractivity contribution in [1.29, 1.82) is 0 Å². The van der Waals surface area contributed by atoms with Gasteiger partial charge in [-0.05, 0) is 42.2 Å². The lowest BCUT2D eigenvalue weighted by atomic mass is 9.34. The number of hydrogen-bond acceptors (Lipinski definition) is 0. The summed E-state index contributed by atoms with van der Waals surface area (Å²) in [5.74, 6) is 1.71. The summed E-state index contributed by atoms with van der Waals surface area (Å²) in [6.07, 6.45) is 2.76. The van der Waals surface area contributed by atoms with Gasteiger partial charge >= 0.3 is 0 Å². The van der Waals surface area contributed by atoms with Crippen molar-refractivity contribution in [1.82, 2.24) is 0 Å². The maximum absolute atomic E-state index is 3.63. The molecule has 0 heteroatoms. The van der Waals surface area contributed by atoms with E-state index in [1.54, 1.807) is 5.57 Å². The molecule has 13 heavy (non-hydrogen) atoms. The molecule has 3 aliphatic carbocycles. The molecule has 3 rings (SSSR count). The Kier molecular flexibility index (Phi) is 1.10. The highest BCUT2D eigenvalue weighted by atomic mass is 14.7. The predicted octanol–water partition coefficient (Wildman–Crippen LogP) is 3.54. The van der Waals surface area contributed by atoms with E-state index in [0.29, 0.717) is 10.8 Å². The third-order valence-corrected chi connectivity index (χ3v) is 5.28. The van der Waals surface area contributed by atoms with Crippen LogP contribution in [-0.2, 0) is 0 Å². The van der Waals surface area contributed by atoms with Gasteiger partial charge in [-0.3, -0.25) is 0 Å². The molecule has 0 N–H and O–H groups in total. The quantitative estimate of drug-likeness (QED) is 0.493. The fourth-order valence-electron chi connectivity index (χ4n) is 4.50. The molecule has 0 amide bonds. The summed E-state index contributed by atoms with van der Waals surface area (Å²) < 4.78 is 0. The summed E-state index contributed by atoms with van der Waals surface area (Å²) in [5, 5.41) is 0. The van der Waals surface area contributed by atoms with Crippen LogP contribution in [0, 0.1) is 22.7 Å². The Morgan fingerprint density at radius 2 is 2.08 bits per heavy atom. The lowest BCUT2D eigenvalue weighted by Gasteiger charge is -2.69. The SMILES string of the molecule is CC1=C=C2CCC23C(C)C(C)(C)C13. The van der Waals surface area contributed by atoms with E-state index >= 15 is 0 Å². The van der Waals surface area contributed by atoms with Crippen LogP contribution >= 0.6 is 0 Å². The van der Waals surface area contributed by atoms with E-state index in [9.17, 15) is 0 Å². The second-order valence-electron chi connectivity index (χ2n) is 5.80. The van der Waals surface area contributed by atoms with Crippen LogP contribution in [0.1, 0.15) is 40.5 Å². The van der Waals surface area contributed by atoms with Crippen LogP contribution in [0.3, 0.4) is 0 Å². The van der Waals surface area contributed by atoms with Gasteiger partial charge in [-0.15, -0.1) is 5.73 Å². The molecular weight excluding hydrogens is 156 g/mol. The average Bonchev–Trinajstić information content (AvgIpc) is 2.22. The van der Waals surface area contributed by atoms with Crippen molar-refractivity contribution in [3.05, 3.63) is 16.9 Å². The van der Waals surface area contributed by atoms with Gasteiger partial charge in [0.2, 0.25) is 0 Å². The van der Waals surface area contributed by atoms with Gasteiger partial charge in [0.15, 0.2) is 0 Å². The van der Waals surface area contributed by atoms with Gasteiger partial charge in [-0.2, -0.15) is 0 Å². The molecule has 0 aromatic rings. The average molecular weight is 174 g/mol. The van der Waals surface area contributed by atoms with E-state index in [-0.39, 0.29) is 0 Å². The Hall–Kier alpha value is -0.480. The van der Waals surface area contributed by atoms with Crippen LogP contribution in [0.4, 0.5) is 0 Å². The van der Waals surface area contributed by atoms with Gasteiger partial charge in [0.05, 0.1) is 0 Å². The smallest absolute Gasteiger partial charge is 0.00984 e. The van der Waals surface area contributed by atoms with Crippen molar-refractivity contribution in [2.24, 2.45) is 22.7 Å². The Balaban J connectivity index is 2.11. The minimum absolute atomic E-state index is 0.527. The van der Waals surface area contributed by atoms with Gasteiger partial charge in [0.1, 0.15) is 0 Å². The van der Waals surface area contributed by atoms with Crippen molar-refractivity contribution in [2.45, 2.75) is 40.5 Å². The van der Waals surface area contributed by atoms with Crippen LogP contribution in [0.25, 0.3) is 0 Å². The maximum Gasteiger partial charge on any atom is 0.00984 e. The Morgan fingerprint density at radius 1 is 1.38 bits per heavy atom. The van der Waals surface area contributed by atoms with Crippen molar-refractivity contribution in [2.75, 3.05) is 0 Å². The fourth-order valence-corrected chi connectivity index (χ4v) is 4.50. The van der Waals surface area contributed by atoms with E-state index in [4.69, 9.17) is 0 Å². The summed E-state index contributed by atoms with van der Waals surface area (Å²) >= 11 is 0. The van der Waals surface area contributed by atoms with E-state index in [1.165, 1.54) is 18.4 Å². The van der Waals surface area contributed by atoms with Gasteiger partial charge in [-0.1, -0.05) is 20.8 Å². The fraction of sp³-hybridized carbons (Fsp3) is 0.769. The molecule has 2 saturated carbocycles. The van der Waals surface area contributed by atoms with Crippen LogP contribution in [-0.4, -0.2) is 0 Å². The van der Waals surface area contributed by atoms with Crippen molar-refractivity contribution in [3.8, 4) is 0 Å². The molecule has 0 aromatic carbocycles. The monoisotopic (exact) mass is 174 g/mol. The van der Waals surface area contributed by atoms with E-state index < -0.39 is 0 Å². The minimum atomic E-state index is 0.527. The summed E-state index contributed by atoms with van der Waals surface area (Å²) in [5.41, 5.74) is 7.95. The Morgan fingerprint density at radius 3 is 2.54 bits per heavy atom. The van der Waals surface area contributed by atoms with E-state index in [2.05, 4.69) is 33.4 Å². The highest BCUT2D eigenvalue weighted by Crippen LogP contribution is 2.77. The molecule has 0 bridgehead atoms. The predicted molar refractivity (Wildman–Crippen MR) is 54.3 cm³/mol. The molecule has 0 saturated heterocycles. The third kappa shape index (κ3) is 0.551. The molecule has 0 aliphatic heterocycles. The summed E-state index contributed by atoms with van der Waals surface area (Å²) in [4.78, 5) is 0. The van der Waals surface area contributed by atoms with Crippen molar-refractivity contribution >= 4 is 0 Å². The molecule has 3 aliphatic rings. The highest BCUT2D eigenvalue weighted by Gasteiger charge is 2.70. The van der Waals surface area contributed by atoms with Crippen molar-refractivity contribution in [3.63, 3.8) is 0 Å². The minimum Gasteiger partial charge on any atom is -0.122 e. The van der Waals surface area contributed by atoms with E-state index in [0.717, 1.165) is 11.8 Å². The topological polar surface area (TPSA) is 0 Å². The number of hydrogen-bond donors (Lipinski definition) is 0. The van der Waals surface area contributed by atoms with Crippen LogP contribution in [0.15, 0.2) is 16.9 Å².